The van der Waals surface area contributed by atoms with Gasteiger partial charge in [0.25, 0.3) is 0 Å². The average Bonchev–Trinajstić information content (AvgIpc) is 3.73. The first-order chi connectivity index (χ1) is 33.5. The van der Waals surface area contributed by atoms with Crippen molar-refractivity contribution in [1.29, 1.82) is 0 Å². The van der Waals surface area contributed by atoms with Gasteiger partial charge >= 0.3 is 0 Å². The standard InChI is InChI=1S/C54H71N5O10/c1-7-51(60)57-20-23-67-53-42(32-57)25-40(26-44(53)34-59(62)45-12-9-19-56(3)35-45)38-15-17-47(49(29-38)65-6)66-22-10-13-52(61)58-21-24-68-54-43(33-58)27-41(39-14-16-46(63-4)48(28-39)64-5)30-50(54)69-36-37-11-8-18-55(2)31-37/h14-17,25-30,37,45,59H,7-13,18-24,31-36H2,1-6H3/t37-,45-/m0/s1. The molecule has 372 valence electrons. The van der Waals surface area contributed by atoms with Crippen molar-refractivity contribution in [3.63, 3.8) is 0 Å². The van der Waals surface area contributed by atoms with Crippen LogP contribution in [0.15, 0.2) is 60.7 Å². The summed E-state index contributed by atoms with van der Waals surface area (Å²) in [5, 5.41) is 14.0. The number of nitrogens with zero attached hydrogens (tertiary/aromatic N) is 4. The van der Waals surface area contributed by atoms with Gasteiger partial charge in [0, 0.05) is 61.5 Å². The quantitative estimate of drug-likeness (QED) is 0.0920. The van der Waals surface area contributed by atoms with Crippen molar-refractivity contribution >= 4 is 11.8 Å². The molecule has 4 heterocycles. The van der Waals surface area contributed by atoms with E-state index in [1.165, 1.54) is 0 Å². The number of benzene rings is 4. The molecule has 1 unspecified atom stereocenters. The third-order valence-electron chi connectivity index (χ3n) is 14.0. The number of nitrogens with one attached hydrogen (secondary N) is 1. The number of methoxy groups -OCH3 is 3. The number of ether oxygens (including phenoxy) is 7. The first kappa shape index (κ1) is 49.7. The summed E-state index contributed by atoms with van der Waals surface area (Å²) in [5.41, 5.74) is 6.25. The molecule has 4 aromatic carbocycles. The number of fused-ring (bicyclic) bond motifs is 2. The zero-order chi connectivity index (χ0) is 48.4. The molecule has 1 N–H and O–H groups in total. The zero-order valence-corrected chi connectivity index (χ0v) is 41.4. The number of piperidine rings is 2. The Hall–Kier alpha value is -5.74. The summed E-state index contributed by atoms with van der Waals surface area (Å²) in [7, 11) is 9.09. The SMILES string of the molecule is CCC(=O)N1CCOc2c(cc(-c3ccc(OCCCC(=O)N4CCOc5c(cc(-c6ccc(OC)c(OC)c6)cc5OC[C@H]5CCCN(C)C5)C4)c(OC)c3)cc2C[NH+]([O-])[C@H]2CCCN(C)C2)C1. The zero-order valence-electron chi connectivity index (χ0n) is 41.4. The Labute approximate surface area is 407 Å². The molecule has 0 aliphatic carbocycles. The number of carbonyl (C=O) groups excluding carboxylic acids is 2. The second-order valence-electron chi connectivity index (χ2n) is 19.0. The number of rotatable bonds is 17. The van der Waals surface area contributed by atoms with Crippen LogP contribution < -0.4 is 38.2 Å². The summed E-state index contributed by atoms with van der Waals surface area (Å²) in [6, 6.07) is 19.9. The van der Waals surface area contributed by atoms with Gasteiger partial charge in [-0.25, -0.2) is 0 Å². The Kier molecular flexibility index (Phi) is 16.7. The lowest BCUT2D eigenvalue weighted by atomic mass is 9.97. The summed E-state index contributed by atoms with van der Waals surface area (Å²) in [6.45, 7) is 9.30. The van der Waals surface area contributed by atoms with Crippen molar-refractivity contribution in [2.24, 2.45) is 5.92 Å². The maximum Gasteiger partial charge on any atom is 0.223 e. The minimum absolute atomic E-state index is 0.0118. The highest BCUT2D eigenvalue weighted by Crippen LogP contribution is 2.42. The smallest absolute Gasteiger partial charge is 0.223 e. The van der Waals surface area contributed by atoms with Crippen LogP contribution in [0.25, 0.3) is 22.3 Å². The van der Waals surface area contributed by atoms with Gasteiger partial charge < -0.3 is 63.0 Å². The van der Waals surface area contributed by atoms with Gasteiger partial charge in [-0.2, -0.15) is 0 Å². The van der Waals surface area contributed by atoms with E-state index in [-0.39, 0.29) is 35.9 Å². The molecule has 3 atom stereocenters. The molecule has 69 heavy (non-hydrogen) atoms. The van der Waals surface area contributed by atoms with Crippen LogP contribution in [0, 0.1) is 11.1 Å². The highest BCUT2D eigenvalue weighted by Gasteiger charge is 2.29. The molecule has 0 aromatic heterocycles. The molecule has 2 fully saturated rings. The molecule has 4 aromatic rings. The van der Waals surface area contributed by atoms with Crippen molar-refractivity contribution in [1.82, 2.24) is 19.6 Å². The fourth-order valence-electron chi connectivity index (χ4n) is 10.2. The molecular weight excluding hydrogens is 879 g/mol. The monoisotopic (exact) mass is 950 g/mol. The van der Waals surface area contributed by atoms with Crippen LogP contribution in [0.1, 0.15) is 68.6 Å². The summed E-state index contributed by atoms with van der Waals surface area (Å²) in [6.07, 6.45) is 5.34. The lowest BCUT2D eigenvalue weighted by Gasteiger charge is -2.37. The largest absolute Gasteiger partial charge is 0.634 e. The average molecular weight is 950 g/mol. The molecule has 0 spiro atoms. The Bertz CT molecular complexity index is 2410. The number of hydrogen-bond donors (Lipinski definition) is 1. The van der Waals surface area contributed by atoms with E-state index in [9.17, 15) is 14.8 Å². The maximum atomic E-state index is 13.9. The highest BCUT2D eigenvalue weighted by atomic mass is 16.5. The molecule has 0 radical (unpaired) electrons. The predicted octanol–water partition coefficient (Wildman–Crippen LogP) is 6.46. The number of hydrogen-bond acceptors (Lipinski definition) is 12. The molecule has 2 amide bonds. The van der Waals surface area contributed by atoms with Crippen LogP contribution in [0.5, 0.6) is 40.2 Å². The van der Waals surface area contributed by atoms with Gasteiger partial charge in [-0.3, -0.25) is 9.59 Å². The van der Waals surface area contributed by atoms with Gasteiger partial charge in [0.15, 0.2) is 34.5 Å². The van der Waals surface area contributed by atoms with Gasteiger partial charge in [0.05, 0.1) is 54.2 Å². The summed E-state index contributed by atoms with van der Waals surface area (Å²) in [4.78, 5) is 35.1. The van der Waals surface area contributed by atoms with E-state index in [2.05, 4.69) is 42.1 Å². The molecule has 0 bridgehead atoms. The number of likely N-dealkylation sites (tertiary alicyclic amines) is 2. The maximum absolute atomic E-state index is 13.9. The number of likely N-dealkylation sites (N-methyl/N-ethyl adjacent to an activating group) is 1. The molecule has 4 aliphatic heterocycles. The number of hydroxylamine groups is 2. The molecule has 4 aliphatic rings. The lowest BCUT2D eigenvalue weighted by molar-refractivity contribution is -0.890. The highest BCUT2D eigenvalue weighted by molar-refractivity contribution is 5.78. The van der Waals surface area contributed by atoms with Gasteiger partial charge in [-0.15, -0.1) is 0 Å². The third-order valence-corrected chi connectivity index (χ3v) is 14.0. The molecule has 0 saturated carbocycles. The van der Waals surface area contributed by atoms with Crippen LogP contribution in [0.4, 0.5) is 0 Å². The van der Waals surface area contributed by atoms with Crippen molar-refractivity contribution in [3.8, 4) is 62.5 Å². The van der Waals surface area contributed by atoms with E-state index in [1.807, 2.05) is 59.2 Å². The Morgan fingerprint density at radius 1 is 0.667 bits per heavy atom. The van der Waals surface area contributed by atoms with Crippen molar-refractivity contribution in [3.05, 3.63) is 82.6 Å². The van der Waals surface area contributed by atoms with Crippen LogP contribution >= 0.6 is 0 Å². The van der Waals surface area contributed by atoms with Crippen LogP contribution in [-0.2, 0) is 29.2 Å². The van der Waals surface area contributed by atoms with Crippen molar-refractivity contribution < 1.29 is 47.8 Å². The second-order valence-corrected chi connectivity index (χ2v) is 19.0. The van der Waals surface area contributed by atoms with Gasteiger partial charge in [-0.05, 0) is 124 Å². The summed E-state index contributed by atoms with van der Waals surface area (Å²) >= 11 is 0. The molecule has 15 heteroatoms. The predicted molar refractivity (Wildman–Crippen MR) is 265 cm³/mol. The molecule has 15 nitrogen and oxygen atoms in total. The van der Waals surface area contributed by atoms with E-state index in [1.54, 1.807) is 21.3 Å². The van der Waals surface area contributed by atoms with Crippen molar-refractivity contribution in [2.45, 2.75) is 77.5 Å². The van der Waals surface area contributed by atoms with Crippen LogP contribution in [0.3, 0.4) is 0 Å². The first-order valence-electron chi connectivity index (χ1n) is 24.7. The number of carbonyl (C=O) groups is 2. The van der Waals surface area contributed by atoms with Gasteiger partial charge in [-0.1, -0.05) is 19.1 Å². The minimum Gasteiger partial charge on any atom is -0.634 e. The minimum atomic E-state index is -0.0230. The Balaban J connectivity index is 0.950. The van der Waals surface area contributed by atoms with E-state index in [0.717, 1.165) is 90.8 Å². The normalized spacial score (nSPS) is 19.2. The molecule has 2 saturated heterocycles. The second kappa shape index (κ2) is 23.2. The fraction of sp³-hybridized carbons (Fsp3) is 0.519. The van der Waals surface area contributed by atoms with Crippen molar-refractivity contribution in [2.75, 3.05) is 101 Å². The molecular formula is C54H71N5O10. The van der Waals surface area contributed by atoms with Gasteiger partial charge in [0.1, 0.15) is 31.5 Å². The first-order valence-corrected chi connectivity index (χ1v) is 24.7. The van der Waals surface area contributed by atoms with E-state index in [4.69, 9.17) is 33.2 Å². The van der Waals surface area contributed by atoms with E-state index < -0.39 is 0 Å². The van der Waals surface area contributed by atoms with Gasteiger partial charge in [0.2, 0.25) is 11.8 Å². The van der Waals surface area contributed by atoms with Crippen LogP contribution in [-0.4, -0.2) is 139 Å². The van der Waals surface area contributed by atoms with E-state index >= 15 is 0 Å². The Morgan fingerprint density at radius 3 is 1.93 bits per heavy atom. The topological polar surface area (TPSA) is 139 Å². The Morgan fingerprint density at radius 2 is 1.26 bits per heavy atom. The number of quaternary nitrogens is 1. The number of amides is 2. The third kappa shape index (κ3) is 12.2. The van der Waals surface area contributed by atoms with E-state index in [0.29, 0.717) is 112 Å². The summed E-state index contributed by atoms with van der Waals surface area (Å²) in [5.74, 6) is 4.95. The summed E-state index contributed by atoms with van der Waals surface area (Å²) < 4.78 is 42.6. The van der Waals surface area contributed by atoms with Crippen LogP contribution in [0.2, 0.25) is 0 Å². The molecule has 8 rings (SSSR count). The fourth-order valence-corrected chi connectivity index (χ4v) is 10.2. The lowest BCUT2D eigenvalue weighted by Crippen LogP contribution is -3.11.